The highest BCUT2D eigenvalue weighted by Crippen LogP contribution is 2.29. The molecule has 2 aromatic carbocycles. The first kappa shape index (κ1) is 23.3. The highest BCUT2D eigenvalue weighted by Gasteiger charge is 2.25. The molecule has 0 radical (unpaired) electrons. The van der Waals surface area contributed by atoms with Gasteiger partial charge >= 0.3 is 0 Å². The van der Waals surface area contributed by atoms with Gasteiger partial charge in [-0.1, -0.05) is 50.2 Å². The van der Waals surface area contributed by atoms with Gasteiger partial charge in [-0.3, -0.25) is 14.7 Å². The van der Waals surface area contributed by atoms with Gasteiger partial charge in [-0.15, -0.1) is 0 Å². The van der Waals surface area contributed by atoms with E-state index in [4.69, 9.17) is 9.47 Å². The lowest BCUT2D eigenvalue weighted by Gasteiger charge is -2.29. The van der Waals surface area contributed by atoms with Gasteiger partial charge in [0.1, 0.15) is 12.6 Å². The summed E-state index contributed by atoms with van der Waals surface area (Å²) in [6, 6.07) is 19.1. The molecule has 3 rings (SSSR count). The van der Waals surface area contributed by atoms with E-state index in [0.717, 1.165) is 29.8 Å². The first-order valence-electron chi connectivity index (χ1n) is 10.9. The zero-order valence-corrected chi connectivity index (χ0v) is 19.0. The Labute approximate surface area is 190 Å². The normalized spacial score (nSPS) is 11.8. The predicted octanol–water partition coefficient (Wildman–Crippen LogP) is 4.37. The van der Waals surface area contributed by atoms with Crippen LogP contribution in [-0.4, -0.2) is 36.0 Å². The average molecular weight is 434 g/mol. The van der Waals surface area contributed by atoms with Gasteiger partial charge in [0.25, 0.3) is 0 Å². The van der Waals surface area contributed by atoms with Crippen LogP contribution in [0, 0.1) is 0 Å². The highest BCUT2D eigenvalue weighted by atomic mass is 16.5. The van der Waals surface area contributed by atoms with Crippen LogP contribution < -0.4 is 14.8 Å². The zero-order chi connectivity index (χ0) is 22.8. The second-order valence-electron chi connectivity index (χ2n) is 7.38. The summed E-state index contributed by atoms with van der Waals surface area (Å²) in [5.74, 6) is 1.27. The maximum Gasteiger partial charge on any atom is 0.242 e. The molecule has 168 valence electrons. The van der Waals surface area contributed by atoms with Crippen LogP contribution in [-0.2, 0) is 17.9 Å². The second kappa shape index (κ2) is 11.9. The van der Waals surface area contributed by atoms with Gasteiger partial charge in [-0.05, 0) is 54.0 Å². The topological polar surface area (TPSA) is 63.7 Å². The molecule has 0 aliphatic carbocycles. The lowest BCUT2D eigenvalue weighted by atomic mass is 10.0. The maximum absolute atomic E-state index is 13.1. The van der Waals surface area contributed by atoms with Crippen LogP contribution in [0.2, 0.25) is 0 Å². The molecule has 0 bridgehead atoms. The van der Waals surface area contributed by atoms with Gasteiger partial charge in [0.15, 0.2) is 11.5 Å². The minimum absolute atomic E-state index is 0.0168. The molecule has 0 fully saturated rings. The molecule has 0 aliphatic heterocycles. The predicted molar refractivity (Wildman–Crippen MR) is 126 cm³/mol. The number of aromatic nitrogens is 1. The monoisotopic (exact) mass is 433 g/mol. The van der Waals surface area contributed by atoms with E-state index in [1.165, 1.54) is 0 Å². The maximum atomic E-state index is 13.1. The molecule has 1 amide bonds. The lowest BCUT2D eigenvalue weighted by molar-refractivity contribution is -0.126. The summed E-state index contributed by atoms with van der Waals surface area (Å²) in [6.45, 7) is 6.56. The van der Waals surface area contributed by atoms with Crippen molar-refractivity contribution in [3.63, 3.8) is 0 Å². The number of methoxy groups -OCH3 is 1. The van der Waals surface area contributed by atoms with E-state index >= 15 is 0 Å². The fraction of sp³-hybridized carbons (Fsp3) is 0.308. The number of ether oxygens (including phenoxy) is 2. The Bertz CT molecular complexity index is 976. The largest absolute Gasteiger partial charge is 0.493 e. The lowest BCUT2D eigenvalue weighted by Crippen LogP contribution is -2.40. The number of carbonyl (C=O) groups excluding carboxylic acids is 1. The Hall–Kier alpha value is -3.38. The van der Waals surface area contributed by atoms with Crippen molar-refractivity contribution in [1.82, 2.24) is 15.2 Å². The Kier molecular flexibility index (Phi) is 8.63. The first-order chi connectivity index (χ1) is 15.7. The minimum atomic E-state index is -0.323. The summed E-state index contributed by atoms with van der Waals surface area (Å²) in [6.07, 6.45) is 3.48. The molecule has 0 saturated carbocycles. The third kappa shape index (κ3) is 6.08. The number of nitrogens with one attached hydrogen (secondary N) is 1. The molecular formula is C26H31N3O3. The minimum Gasteiger partial charge on any atom is -0.493 e. The number of pyridine rings is 1. The molecule has 1 unspecified atom stereocenters. The SMILES string of the molecule is CCN(CC)C(C(=O)NCc1ccc(OCc2ccncc2)c(OC)c1)c1ccccc1. The van der Waals surface area contributed by atoms with Crippen molar-refractivity contribution in [3.05, 3.63) is 89.7 Å². The molecule has 1 heterocycles. The zero-order valence-electron chi connectivity index (χ0n) is 19.0. The van der Waals surface area contributed by atoms with E-state index in [0.29, 0.717) is 24.7 Å². The summed E-state index contributed by atoms with van der Waals surface area (Å²) >= 11 is 0. The molecule has 32 heavy (non-hydrogen) atoms. The molecule has 1 N–H and O–H groups in total. The fourth-order valence-electron chi connectivity index (χ4n) is 3.62. The number of carbonyl (C=O) groups is 1. The number of amides is 1. The standard InChI is InChI=1S/C26H31N3O3/c1-4-29(5-2)25(22-9-7-6-8-10-22)26(30)28-18-21-11-12-23(24(17-21)31-3)32-19-20-13-15-27-16-14-20/h6-17,25H,4-5,18-19H2,1-3H3,(H,28,30). The average Bonchev–Trinajstić information content (AvgIpc) is 2.85. The van der Waals surface area contributed by atoms with E-state index < -0.39 is 0 Å². The summed E-state index contributed by atoms with van der Waals surface area (Å²) in [5, 5.41) is 3.09. The Balaban J connectivity index is 1.67. The molecule has 0 spiro atoms. The molecule has 0 aliphatic rings. The van der Waals surface area contributed by atoms with Crippen LogP contribution >= 0.6 is 0 Å². The Morgan fingerprint density at radius 1 is 0.969 bits per heavy atom. The van der Waals surface area contributed by atoms with Crippen molar-refractivity contribution in [2.24, 2.45) is 0 Å². The quantitative estimate of drug-likeness (QED) is 0.487. The molecule has 6 nitrogen and oxygen atoms in total. The van der Waals surface area contributed by atoms with Gasteiger partial charge in [0.2, 0.25) is 5.91 Å². The first-order valence-corrected chi connectivity index (χ1v) is 10.9. The number of nitrogens with zero attached hydrogens (tertiary/aromatic N) is 2. The van der Waals surface area contributed by atoms with Gasteiger partial charge < -0.3 is 14.8 Å². The van der Waals surface area contributed by atoms with E-state index in [1.807, 2.05) is 60.7 Å². The summed E-state index contributed by atoms with van der Waals surface area (Å²) in [7, 11) is 1.61. The number of rotatable bonds is 11. The fourth-order valence-corrected chi connectivity index (χ4v) is 3.62. The molecule has 3 aromatic rings. The van der Waals surface area contributed by atoms with Gasteiger partial charge in [-0.2, -0.15) is 0 Å². The molecule has 6 heteroatoms. The van der Waals surface area contributed by atoms with Crippen molar-refractivity contribution in [2.45, 2.75) is 33.0 Å². The summed E-state index contributed by atoms with van der Waals surface area (Å²) in [5.41, 5.74) is 2.96. The van der Waals surface area contributed by atoms with Crippen molar-refractivity contribution < 1.29 is 14.3 Å². The number of likely N-dealkylation sites (N-methyl/N-ethyl adjacent to an activating group) is 1. The van der Waals surface area contributed by atoms with E-state index in [2.05, 4.69) is 29.0 Å². The Morgan fingerprint density at radius 2 is 1.69 bits per heavy atom. The van der Waals surface area contributed by atoms with Gasteiger partial charge in [0, 0.05) is 18.9 Å². The van der Waals surface area contributed by atoms with Crippen LogP contribution in [0.5, 0.6) is 11.5 Å². The number of hydrogen-bond donors (Lipinski definition) is 1. The highest BCUT2D eigenvalue weighted by molar-refractivity contribution is 5.83. The van der Waals surface area contributed by atoms with Crippen LogP contribution in [0.25, 0.3) is 0 Å². The Morgan fingerprint density at radius 3 is 2.34 bits per heavy atom. The van der Waals surface area contributed by atoms with E-state index in [-0.39, 0.29) is 11.9 Å². The van der Waals surface area contributed by atoms with E-state index in [1.54, 1.807) is 19.5 Å². The van der Waals surface area contributed by atoms with Crippen molar-refractivity contribution in [3.8, 4) is 11.5 Å². The third-order valence-electron chi connectivity index (χ3n) is 5.38. The van der Waals surface area contributed by atoms with Crippen LogP contribution in [0.3, 0.4) is 0 Å². The third-order valence-corrected chi connectivity index (χ3v) is 5.38. The van der Waals surface area contributed by atoms with Crippen LogP contribution in [0.1, 0.15) is 36.6 Å². The summed E-state index contributed by atoms with van der Waals surface area (Å²) < 4.78 is 11.4. The number of hydrogen-bond acceptors (Lipinski definition) is 5. The van der Waals surface area contributed by atoms with Crippen molar-refractivity contribution >= 4 is 5.91 Å². The smallest absolute Gasteiger partial charge is 0.242 e. The molecule has 0 saturated heterocycles. The van der Waals surface area contributed by atoms with E-state index in [9.17, 15) is 4.79 Å². The van der Waals surface area contributed by atoms with Crippen molar-refractivity contribution in [1.29, 1.82) is 0 Å². The second-order valence-corrected chi connectivity index (χ2v) is 7.38. The van der Waals surface area contributed by atoms with Crippen molar-refractivity contribution in [2.75, 3.05) is 20.2 Å². The van der Waals surface area contributed by atoms with Gasteiger partial charge in [-0.25, -0.2) is 0 Å². The molecule has 1 aromatic heterocycles. The number of benzene rings is 2. The molecular weight excluding hydrogens is 402 g/mol. The van der Waals surface area contributed by atoms with Crippen LogP contribution in [0.4, 0.5) is 0 Å². The van der Waals surface area contributed by atoms with Crippen LogP contribution in [0.15, 0.2) is 73.1 Å². The molecule has 1 atom stereocenters. The van der Waals surface area contributed by atoms with Gasteiger partial charge in [0.05, 0.1) is 7.11 Å². The summed E-state index contributed by atoms with van der Waals surface area (Å²) in [4.78, 5) is 19.3.